The van der Waals surface area contributed by atoms with Crippen LogP contribution in [0.5, 0.6) is 5.75 Å². The molecular weight excluding hydrogens is 394 g/mol. The van der Waals surface area contributed by atoms with Gasteiger partial charge in [-0.15, -0.1) is 4.33 Å². The maximum atomic E-state index is 11.1. The summed E-state index contributed by atoms with van der Waals surface area (Å²) in [7, 11) is 0. The first-order valence-corrected chi connectivity index (χ1v) is 10.2. The van der Waals surface area contributed by atoms with Crippen molar-refractivity contribution in [1.82, 2.24) is 0 Å². The summed E-state index contributed by atoms with van der Waals surface area (Å²) in [5, 5.41) is 18.2. The van der Waals surface area contributed by atoms with Crippen LogP contribution in [0.3, 0.4) is 0 Å². The smallest absolute Gasteiger partial charge is 0.335 e. The third-order valence-electron chi connectivity index (χ3n) is 4.91. The largest absolute Gasteiger partial charge is 0.478 e. The highest BCUT2D eigenvalue weighted by Crippen LogP contribution is 2.31. The van der Waals surface area contributed by atoms with E-state index >= 15 is 0 Å². The molecule has 8 heteroatoms. The minimum Gasteiger partial charge on any atom is -0.478 e. The Morgan fingerprint density at radius 2 is 1.83 bits per heavy atom. The van der Waals surface area contributed by atoms with Crippen LogP contribution in [0.4, 0.5) is 5.69 Å². The first-order chi connectivity index (χ1) is 13.8. The van der Waals surface area contributed by atoms with Gasteiger partial charge in [0.15, 0.2) is 5.75 Å². The van der Waals surface area contributed by atoms with Crippen molar-refractivity contribution in [2.75, 3.05) is 17.2 Å². The van der Waals surface area contributed by atoms with Crippen LogP contribution < -0.4 is 9.79 Å². The van der Waals surface area contributed by atoms with Gasteiger partial charge in [0.05, 0.1) is 11.1 Å². The first-order valence-electron chi connectivity index (χ1n) is 9.29. The molecule has 154 valence electrons. The van der Waals surface area contributed by atoms with E-state index < -0.39 is 11.9 Å². The molecule has 3 rings (SSSR count). The number of fused-ring (bicyclic) bond motifs is 1. The van der Waals surface area contributed by atoms with Crippen molar-refractivity contribution in [3.63, 3.8) is 0 Å². The normalized spacial score (nSPS) is 15.7. The molecule has 7 nitrogen and oxygen atoms in total. The summed E-state index contributed by atoms with van der Waals surface area (Å²) in [6.45, 7) is 5.05. The zero-order chi connectivity index (χ0) is 21.0. The van der Waals surface area contributed by atoms with E-state index in [0.29, 0.717) is 11.8 Å². The molecule has 1 heterocycles. The van der Waals surface area contributed by atoms with Gasteiger partial charge in [0.25, 0.3) is 0 Å². The third-order valence-corrected chi connectivity index (χ3v) is 5.42. The Kier molecular flexibility index (Phi) is 6.66. The van der Waals surface area contributed by atoms with Gasteiger partial charge in [-0.25, -0.2) is 9.59 Å². The molecule has 0 amide bonds. The number of aryl methyl sites for hydroxylation is 2. The van der Waals surface area contributed by atoms with Crippen LogP contribution in [0.2, 0.25) is 0 Å². The van der Waals surface area contributed by atoms with E-state index in [9.17, 15) is 9.59 Å². The fourth-order valence-electron chi connectivity index (χ4n) is 3.38. The highest BCUT2D eigenvalue weighted by molar-refractivity contribution is 7.94. The predicted molar refractivity (Wildman–Crippen MR) is 111 cm³/mol. The van der Waals surface area contributed by atoms with Crippen molar-refractivity contribution in [1.29, 1.82) is 0 Å². The van der Waals surface area contributed by atoms with E-state index in [2.05, 4.69) is 36.9 Å². The van der Waals surface area contributed by atoms with Gasteiger partial charge in [0.1, 0.15) is 0 Å². The molecule has 0 aliphatic carbocycles. The number of carbonyl (C=O) groups is 2. The number of hydrogen-bond acceptors (Lipinski definition) is 6. The van der Waals surface area contributed by atoms with Crippen LogP contribution in [-0.2, 0) is 10.8 Å². The first kappa shape index (κ1) is 21.0. The van der Waals surface area contributed by atoms with Crippen LogP contribution in [0, 0.1) is 6.92 Å². The van der Waals surface area contributed by atoms with Crippen molar-refractivity contribution in [2.45, 2.75) is 32.7 Å². The van der Waals surface area contributed by atoms with Gasteiger partial charge in [-0.1, -0.05) is 12.1 Å². The highest BCUT2D eigenvalue weighted by Gasteiger charge is 2.22. The molecule has 29 heavy (non-hydrogen) atoms. The second-order valence-corrected chi connectivity index (χ2v) is 7.82. The summed E-state index contributed by atoms with van der Waals surface area (Å²) in [4.78, 5) is 29.7. The molecular formula is C21H23NO6S. The number of nitrogens with zero attached hydrogens (tertiary/aromatic N) is 1. The summed E-state index contributed by atoms with van der Waals surface area (Å²) in [5.41, 5.74) is 3.47. The monoisotopic (exact) mass is 417 g/mol. The molecule has 0 aromatic heterocycles. The number of aromatic carboxylic acids is 2. The lowest BCUT2D eigenvalue weighted by molar-refractivity contribution is -0.0777. The van der Waals surface area contributed by atoms with Gasteiger partial charge >= 0.3 is 11.9 Å². The molecule has 0 saturated carbocycles. The molecule has 2 aromatic carbocycles. The minimum absolute atomic E-state index is 0.0297. The second-order valence-electron chi connectivity index (χ2n) is 7.04. The van der Waals surface area contributed by atoms with Gasteiger partial charge < -0.3 is 20.0 Å². The summed E-state index contributed by atoms with van der Waals surface area (Å²) in [6, 6.07) is 10.5. The topological polar surface area (TPSA) is 96.3 Å². The lowest BCUT2D eigenvalue weighted by Gasteiger charge is -2.37. The SMILES string of the molecule is Cc1ccc2c(c1)N(CCSOOc1cc(C(=O)O)cc(C(=O)O)c1)C(C)CC2. The molecule has 0 fully saturated rings. The number of carboxylic acids is 2. The molecule has 1 atom stereocenters. The van der Waals surface area contributed by atoms with Gasteiger partial charge in [0, 0.05) is 36.1 Å². The Morgan fingerprint density at radius 1 is 1.14 bits per heavy atom. The maximum Gasteiger partial charge on any atom is 0.335 e. The Labute approximate surface area is 173 Å². The summed E-state index contributed by atoms with van der Waals surface area (Å²) >= 11 is 1.09. The molecule has 0 bridgehead atoms. The second kappa shape index (κ2) is 9.19. The van der Waals surface area contributed by atoms with E-state index in [1.54, 1.807) is 0 Å². The van der Waals surface area contributed by atoms with Crippen molar-refractivity contribution >= 4 is 29.7 Å². The standard InChI is InChI=1S/C21H23NO6S/c1-13-3-5-15-6-4-14(2)22(19(15)9-13)7-8-29-28-27-18-11-16(20(23)24)10-17(12-18)21(25)26/h3,5,9-12,14H,4,6-8H2,1-2H3,(H,23,24)(H,25,26). The van der Waals surface area contributed by atoms with Crippen LogP contribution >= 0.6 is 12.0 Å². The molecule has 0 spiro atoms. The molecule has 2 N–H and O–H groups in total. The Morgan fingerprint density at radius 3 is 2.48 bits per heavy atom. The molecule has 1 unspecified atom stereocenters. The lowest BCUT2D eigenvalue weighted by atomic mass is 9.95. The Bertz CT molecular complexity index is 884. The average Bonchev–Trinajstić information content (AvgIpc) is 2.68. The van der Waals surface area contributed by atoms with E-state index in [1.165, 1.54) is 28.9 Å². The number of rotatable bonds is 8. The van der Waals surface area contributed by atoms with Gasteiger partial charge in [-0.3, -0.25) is 0 Å². The maximum absolute atomic E-state index is 11.1. The average molecular weight is 417 g/mol. The van der Waals surface area contributed by atoms with Crippen LogP contribution in [-0.4, -0.2) is 40.5 Å². The molecule has 0 saturated heterocycles. The number of hydrogen-bond donors (Lipinski definition) is 2. The summed E-state index contributed by atoms with van der Waals surface area (Å²) in [6.07, 6.45) is 2.17. The summed E-state index contributed by atoms with van der Waals surface area (Å²) < 4.78 is 5.13. The molecule has 2 aromatic rings. The van der Waals surface area contributed by atoms with Gasteiger partial charge in [0.2, 0.25) is 0 Å². The van der Waals surface area contributed by atoms with Crippen LogP contribution in [0.25, 0.3) is 0 Å². The van der Waals surface area contributed by atoms with Crippen molar-refractivity contribution < 1.29 is 29.0 Å². The van der Waals surface area contributed by atoms with E-state index in [0.717, 1.165) is 37.5 Å². The fourth-order valence-corrected chi connectivity index (χ4v) is 3.84. The summed E-state index contributed by atoms with van der Waals surface area (Å²) in [5.74, 6) is -1.82. The minimum atomic E-state index is -1.24. The van der Waals surface area contributed by atoms with Crippen molar-refractivity contribution in [3.8, 4) is 5.75 Å². The molecule has 0 radical (unpaired) electrons. The fraction of sp³-hybridized carbons (Fsp3) is 0.333. The Balaban J connectivity index is 1.56. The number of carboxylic acid groups (broad SMARTS) is 2. The van der Waals surface area contributed by atoms with Crippen molar-refractivity contribution in [2.24, 2.45) is 0 Å². The van der Waals surface area contributed by atoms with Crippen molar-refractivity contribution in [3.05, 3.63) is 58.7 Å². The zero-order valence-electron chi connectivity index (χ0n) is 16.3. The number of benzene rings is 2. The lowest BCUT2D eigenvalue weighted by Crippen LogP contribution is -2.38. The highest BCUT2D eigenvalue weighted by atomic mass is 32.2. The van der Waals surface area contributed by atoms with Crippen LogP contribution in [0.1, 0.15) is 45.2 Å². The molecule has 1 aliphatic rings. The zero-order valence-corrected chi connectivity index (χ0v) is 17.1. The third kappa shape index (κ3) is 5.21. The van der Waals surface area contributed by atoms with Gasteiger partial charge in [-0.2, -0.15) is 0 Å². The van der Waals surface area contributed by atoms with Gasteiger partial charge in [-0.05, 0) is 62.1 Å². The van der Waals surface area contributed by atoms with Crippen LogP contribution in [0.15, 0.2) is 36.4 Å². The quantitative estimate of drug-likeness (QED) is 0.286. The van der Waals surface area contributed by atoms with E-state index in [-0.39, 0.29) is 16.9 Å². The Hall–Kier alpha value is -2.71. The molecule has 1 aliphatic heterocycles. The van der Waals surface area contributed by atoms with E-state index in [4.69, 9.17) is 19.4 Å². The van der Waals surface area contributed by atoms with E-state index in [1.807, 2.05) is 0 Å². The predicted octanol–water partition coefficient (Wildman–Crippen LogP) is 4.19. The number of anilines is 1.